The molecule has 0 bridgehead atoms. The Bertz CT molecular complexity index is 328. The summed E-state index contributed by atoms with van der Waals surface area (Å²) in [6.45, 7) is 1.92. The van der Waals surface area contributed by atoms with E-state index in [1.54, 1.807) is 12.1 Å². The van der Waals surface area contributed by atoms with Crippen LogP contribution in [0.1, 0.15) is 18.1 Å². The molecule has 0 radical (unpaired) electrons. The van der Waals surface area contributed by atoms with Crippen LogP contribution in [0.3, 0.4) is 0 Å². The molecule has 0 heterocycles. The van der Waals surface area contributed by atoms with Crippen LogP contribution in [0.25, 0.3) is 6.08 Å². The molecule has 0 aliphatic rings. The van der Waals surface area contributed by atoms with E-state index >= 15 is 0 Å². The van der Waals surface area contributed by atoms with Gasteiger partial charge in [0.1, 0.15) is 0 Å². The fourth-order valence-electron chi connectivity index (χ4n) is 0.932. The molecule has 0 fully saturated rings. The van der Waals surface area contributed by atoms with Crippen LogP contribution in [0.4, 0.5) is 0 Å². The van der Waals surface area contributed by atoms with Gasteiger partial charge < -0.3 is 5.73 Å². The summed E-state index contributed by atoms with van der Waals surface area (Å²) in [5, 5.41) is 8.56. The summed E-state index contributed by atoms with van der Waals surface area (Å²) in [6.07, 6.45) is 3.87. The summed E-state index contributed by atoms with van der Waals surface area (Å²) in [4.78, 5) is 0. The number of nitriles is 1. The van der Waals surface area contributed by atoms with E-state index in [1.165, 1.54) is 0 Å². The van der Waals surface area contributed by atoms with Crippen LogP contribution in [0, 0.1) is 11.3 Å². The second-order valence-corrected chi connectivity index (χ2v) is 2.95. The van der Waals surface area contributed by atoms with E-state index in [1.807, 2.05) is 31.2 Å². The first-order valence-corrected chi connectivity index (χ1v) is 4.16. The van der Waals surface area contributed by atoms with Gasteiger partial charge in [-0.3, -0.25) is 0 Å². The maximum Gasteiger partial charge on any atom is 0.0991 e. The maximum absolute atomic E-state index is 8.56. The van der Waals surface area contributed by atoms with Crippen LogP contribution in [0.15, 0.2) is 30.3 Å². The molecule has 13 heavy (non-hydrogen) atoms. The lowest BCUT2D eigenvalue weighted by molar-refractivity contribution is 0.931. The number of rotatable bonds is 2. The Morgan fingerprint density at radius 1 is 1.38 bits per heavy atom. The number of hydrogen-bond acceptors (Lipinski definition) is 2. The normalized spacial score (nSPS) is 12.7. The van der Waals surface area contributed by atoms with Crippen LogP contribution in [0.2, 0.25) is 0 Å². The third-order valence-electron chi connectivity index (χ3n) is 1.63. The first-order chi connectivity index (χ1) is 6.22. The standard InChI is InChI=1S/C11H12N2/c1-9(13)2-3-10-4-6-11(8-12)7-5-10/h2-7,9H,13H2,1H3/b3-2+. The lowest BCUT2D eigenvalue weighted by atomic mass is 10.1. The predicted molar refractivity (Wildman–Crippen MR) is 53.8 cm³/mol. The van der Waals surface area contributed by atoms with Crippen molar-refractivity contribution >= 4 is 6.08 Å². The molecular formula is C11H12N2. The molecule has 0 aliphatic carbocycles. The van der Waals surface area contributed by atoms with Gasteiger partial charge in [0, 0.05) is 6.04 Å². The third kappa shape index (κ3) is 3.10. The van der Waals surface area contributed by atoms with Gasteiger partial charge in [0.2, 0.25) is 0 Å². The van der Waals surface area contributed by atoms with Gasteiger partial charge >= 0.3 is 0 Å². The number of benzene rings is 1. The van der Waals surface area contributed by atoms with E-state index in [2.05, 4.69) is 6.07 Å². The fraction of sp³-hybridized carbons (Fsp3) is 0.182. The van der Waals surface area contributed by atoms with E-state index < -0.39 is 0 Å². The average Bonchev–Trinajstić information content (AvgIpc) is 2.15. The molecule has 0 spiro atoms. The predicted octanol–water partition coefficient (Wildman–Crippen LogP) is 1.92. The summed E-state index contributed by atoms with van der Waals surface area (Å²) in [7, 11) is 0. The quantitative estimate of drug-likeness (QED) is 0.740. The molecule has 66 valence electrons. The molecule has 2 heteroatoms. The second kappa shape index (κ2) is 4.44. The van der Waals surface area contributed by atoms with Crippen molar-refractivity contribution in [2.75, 3.05) is 0 Å². The van der Waals surface area contributed by atoms with Crippen molar-refractivity contribution in [3.8, 4) is 6.07 Å². The van der Waals surface area contributed by atoms with Crippen LogP contribution in [-0.4, -0.2) is 6.04 Å². The van der Waals surface area contributed by atoms with Gasteiger partial charge in [-0.25, -0.2) is 0 Å². The van der Waals surface area contributed by atoms with Crippen molar-refractivity contribution < 1.29 is 0 Å². The number of nitrogens with two attached hydrogens (primary N) is 1. The minimum absolute atomic E-state index is 0.0654. The number of nitrogens with zero attached hydrogens (tertiary/aromatic N) is 1. The van der Waals surface area contributed by atoms with Crippen molar-refractivity contribution in [3.05, 3.63) is 41.5 Å². The Labute approximate surface area is 78.3 Å². The van der Waals surface area contributed by atoms with E-state index in [4.69, 9.17) is 11.0 Å². The van der Waals surface area contributed by atoms with Crippen LogP contribution < -0.4 is 5.73 Å². The lowest BCUT2D eigenvalue weighted by Gasteiger charge is -1.95. The Balaban J connectivity index is 2.76. The smallest absolute Gasteiger partial charge is 0.0991 e. The molecule has 1 aromatic carbocycles. The molecule has 2 N–H and O–H groups in total. The first-order valence-electron chi connectivity index (χ1n) is 4.16. The van der Waals surface area contributed by atoms with Crippen molar-refractivity contribution in [3.63, 3.8) is 0 Å². The van der Waals surface area contributed by atoms with Crippen LogP contribution in [-0.2, 0) is 0 Å². The zero-order valence-corrected chi connectivity index (χ0v) is 7.57. The molecule has 0 amide bonds. The summed E-state index contributed by atoms with van der Waals surface area (Å²) in [5.74, 6) is 0. The summed E-state index contributed by atoms with van der Waals surface area (Å²) >= 11 is 0. The first kappa shape index (κ1) is 9.50. The monoisotopic (exact) mass is 172 g/mol. The topological polar surface area (TPSA) is 49.8 Å². The molecule has 1 atom stereocenters. The molecule has 2 nitrogen and oxygen atoms in total. The fourth-order valence-corrected chi connectivity index (χ4v) is 0.932. The van der Waals surface area contributed by atoms with Gasteiger partial charge in [-0.2, -0.15) is 5.26 Å². The van der Waals surface area contributed by atoms with Gasteiger partial charge in [-0.1, -0.05) is 24.3 Å². The van der Waals surface area contributed by atoms with E-state index in [0.717, 1.165) is 5.56 Å². The molecule has 1 rings (SSSR count). The molecule has 1 unspecified atom stereocenters. The van der Waals surface area contributed by atoms with E-state index in [9.17, 15) is 0 Å². The van der Waals surface area contributed by atoms with E-state index in [-0.39, 0.29) is 6.04 Å². The van der Waals surface area contributed by atoms with Gasteiger partial charge in [0.25, 0.3) is 0 Å². The number of hydrogen-bond donors (Lipinski definition) is 1. The second-order valence-electron chi connectivity index (χ2n) is 2.95. The Morgan fingerprint density at radius 2 is 2.00 bits per heavy atom. The van der Waals surface area contributed by atoms with Crippen molar-refractivity contribution in [1.82, 2.24) is 0 Å². The summed E-state index contributed by atoms with van der Waals surface area (Å²) < 4.78 is 0. The zero-order chi connectivity index (χ0) is 9.68. The van der Waals surface area contributed by atoms with E-state index in [0.29, 0.717) is 5.56 Å². The van der Waals surface area contributed by atoms with Gasteiger partial charge in [-0.05, 0) is 24.6 Å². The Hall–Kier alpha value is -1.59. The third-order valence-corrected chi connectivity index (χ3v) is 1.63. The van der Waals surface area contributed by atoms with Crippen LogP contribution >= 0.6 is 0 Å². The maximum atomic E-state index is 8.56. The molecule has 1 aromatic rings. The molecule has 0 aliphatic heterocycles. The van der Waals surface area contributed by atoms with Gasteiger partial charge in [0.05, 0.1) is 11.6 Å². The van der Waals surface area contributed by atoms with Gasteiger partial charge in [0.15, 0.2) is 0 Å². The highest BCUT2D eigenvalue weighted by Crippen LogP contribution is 2.05. The molecule has 0 saturated heterocycles. The Kier molecular flexibility index (Phi) is 3.24. The Morgan fingerprint density at radius 3 is 2.46 bits per heavy atom. The minimum Gasteiger partial charge on any atom is -0.325 e. The summed E-state index contributed by atoms with van der Waals surface area (Å²) in [5.41, 5.74) is 7.30. The largest absolute Gasteiger partial charge is 0.325 e. The molecule has 0 saturated carbocycles. The minimum atomic E-state index is 0.0654. The summed E-state index contributed by atoms with van der Waals surface area (Å²) in [6, 6.07) is 9.52. The molecular weight excluding hydrogens is 160 g/mol. The van der Waals surface area contributed by atoms with Crippen molar-refractivity contribution in [2.24, 2.45) is 5.73 Å². The zero-order valence-electron chi connectivity index (χ0n) is 7.57. The highest BCUT2D eigenvalue weighted by atomic mass is 14.6. The van der Waals surface area contributed by atoms with Crippen molar-refractivity contribution in [2.45, 2.75) is 13.0 Å². The highest BCUT2D eigenvalue weighted by Gasteiger charge is 1.89. The highest BCUT2D eigenvalue weighted by molar-refractivity contribution is 5.51. The SMILES string of the molecule is CC(N)/C=C/c1ccc(C#N)cc1. The molecule has 0 aromatic heterocycles. The van der Waals surface area contributed by atoms with Crippen LogP contribution in [0.5, 0.6) is 0 Å². The average molecular weight is 172 g/mol. The van der Waals surface area contributed by atoms with Gasteiger partial charge in [-0.15, -0.1) is 0 Å². The van der Waals surface area contributed by atoms with Crippen molar-refractivity contribution in [1.29, 1.82) is 5.26 Å². The lowest BCUT2D eigenvalue weighted by Crippen LogP contribution is -2.09.